The fraction of sp³-hybridized carbons (Fsp3) is 0.556. The Hall–Kier alpha value is -1.53. The lowest BCUT2D eigenvalue weighted by Gasteiger charge is -2.20. The van der Waals surface area contributed by atoms with Crippen LogP contribution in [0.25, 0.3) is 0 Å². The van der Waals surface area contributed by atoms with Gasteiger partial charge in [-0.3, -0.25) is 9.59 Å². The molecule has 134 valence electrons. The molecule has 5 nitrogen and oxygen atoms in total. The molecule has 24 heavy (non-hydrogen) atoms. The van der Waals surface area contributed by atoms with E-state index in [9.17, 15) is 9.59 Å². The van der Waals surface area contributed by atoms with Gasteiger partial charge in [0, 0.05) is 30.7 Å². The molecule has 1 aromatic rings. The van der Waals surface area contributed by atoms with Crippen molar-refractivity contribution in [3.05, 3.63) is 29.8 Å². The van der Waals surface area contributed by atoms with Crippen LogP contribution in [0.3, 0.4) is 0 Å². The highest BCUT2D eigenvalue weighted by atomic mass is 32.2. The van der Waals surface area contributed by atoms with Crippen molar-refractivity contribution in [3.63, 3.8) is 0 Å². The summed E-state index contributed by atoms with van der Waals surface area (Å²) in [6, 6.07) is 7.62. The van der Waals surface area contributed by atoms with Crippen LogP contribution in [-0.2, 0) is 9.59 Å². The summed E-state index contributed by atoms with van der Waals surface area (Å²) in [5, 5.41) is 5.67. The van der Waals surface area contributed by atoms with Crippen LogP contribution in [0.15, 0.2) is 29.2 Å². The molecule has 0 saturated heterocycles. The smallest absolute Gasteiger partial charge is 0.243 e. The van der Waals surface area contributed by atoms with E-state index in [2.05, 4.69) is 29.4 Å². The van der Waals surface area contributed by atoms with E-state index in [0.29, 0.717) is 12.3 Å². The number of carbonyl (C=O) groups is 2. The molecule has 6 heteroatoms. The third kappa shape index (κ3) is 7.84. The van der Waals surface area contributed by atoms with Gasteiger partial charge < -0.3 is 15.5 Å². The zero-order valence-corrected chi connectivity index (χ0v) is 15.9. The van der Waals surface area contributed by atoms with Crippen molar-refractivity contribution in [3.8, 4) is 0 Å². The molecule has 0 aromatic heterocycles. The van der Waals surface area contributed by atoms with Crippen molar-refractivity contribution in [2.45, 2.75) is 38.6 Å². The molecule has 1 aromatic carbocycles. The first kappa shape index (κ1) is 20.5. The quantitative estimate of drug-likeness (QED) is 0.634. The van der Waals surface area contributed by atoms with Gasteiger partial charge in [0.2, 0.25) is 11.8 Å². The molecule has 2 amide bonds. The van der Waals surface area contributed by atoms with E-state index >= 15 is 0 Å². The van der Waals surface area contributed by atoms with Crippen molar-refractivity contribution >= 4 is 23.6 Å². The minimum atomic E-state index is -0.523. The molecule has 0 heterocycles. The van der Waals surface area contributed by atoms with E-state index in [-0.39, 0.29) is 11.8 Å². The third-order valence-electron chi connectivity index (χ3n) is 3.75. The second-order valence-corrected chi connectivity index (χ2v) is 6.79. The molecule has 1 rings (SSSR count). The van der Waals surface area contributed by atoms with Crippen LogP contribution in [0.5, 0.6) is 0 Å². The largest absolute Gasteiger partial charge is 0.353 e. The zero-order chi connectivity index (χ0) is 17.9. The van der Waals surface area contributed by atoms with Crippen molar-refractivity contribution in [2.24, 2.45) is 0 Å². The summed E-state index contributed by atoms with van der Waals surface area (Å²) < 4.78 is 0. The van der Waals surface area contributed by atoms with E-state index in [1.165, 1.54) is 12.5 Å². The number of aryl methyl sites for hydroxylation is 1. The Labute approximate surface area is 149 Å². The lowest BCUT2D eigenvalue weighted by atomic mass is 10.2. The number of thioether (sulfide) groups is 1. The predicted octanol–water partition coefficient (Wildman–Crippen LogP) is 2.05. The van der Waals surface area contributed by atoms with Gasteiger partial charge in [-0.15, -0.1) is 11.8 Å². The van der Waals surface area contributed by atoms with Gasteiger partial charge in [0.25, 0.3) is 0 Å². The summed E-state index contributed by atoms with van der Waals surface area (Å²) in [5.74, 6) is 0.195. The van der Waals surface area contributed by atoms with Gasteiger partial charge in [-0.2, -0.15) is 0 Å². The first-order chi connectivity index (χ1) is 11.5. The Balaban J connectivity index is 2.52. The zero-order valence-electron chi connectivity index (χ0n) is 15.1. The van der Waals surface area contributed by atoms with Crippen molar-refractivity contribution in [2.75, 3.05) is 31.9 Å². The summed E-state index contributed by atoms with van der Waals surface area (Å²) in [7, 11) is 0. The van der Waals surface area contributed by atoms with Crippen LogP contribution in [0.1, 0.15) is 26.3 Å². The maximum absolute atomic E-state index is 12.4. The fourth-order valence-corrected chi connectivity index (χ4v) is 3.16. The molecule has 0 saturated carbocycles. The molecule has 0 aliphatic carbocycles. The Bertz CT molecular complexity index is 516. The standard InChI is InChI=1S/C18H29N3O2S/c1-5-21(6-2)12-11-19-18(23)17(20-15(4)22)13-24-16-9-7-14(3)8-10-16/h7-10,17H,5-6,11-13H2,1-4H3,(H,19,23)(H,20,22). The summed E-state index contributed by atoms with van der Waals surface area (Å²) in [6.45, 7) is 11.0. The highest BCUT2D eigenvalue weighted by molar-refractivity contribution is 7.99. The molecule has 0 bridgehead atoms. The average Bonchev–Trinajstić information content (AvgIpc) is 2.56. The van der Waals surface area contributed by atoms with Gasteiger partial charge in [-0.1, -0.05) is 31.5 Å². The van der Waals surface area contributed by atoms with E-state index in [0.717, 1.165) is 24.5 Å². The Morgan fingerprint density at radius 2 is 1.79 bits per heavy atom. The number of likely N-dealkylation sites (N-methyl/N-ethyl adjacent to an activating group) is 1. The Morgan fingerprint density at radius 1 is 1.17 bits per heavy atom. The summed E-state index contributed by atoms with van der Waals surface area (Å²) in [4.78, 5) is 27.1. The number of hydrogen-bond acceptors (Lipinski definition) is 4. The average molecular weight is 352 g/mol. The van der Waals surface area contributed by atoms with Crippen molar-refractivity contribution < 1.29 is 9.59 Å². The molecule has 2 N–H and O–H groups in total. The molecule has 0 radical (unpaired) electrons. The van der Waals surface area contributed by atoms with E-state index in [1.54, 1.807) is 11.8 Å². The Morgan fingerprint density at radius 3 is 2.33 bits per heavy atom. The minimum absolute atomic E-state index is 0.128. The van der Waals surface area contributed by atoms with Gasteiger partial charge in [0.1, 0.15) is 6.04 Å². The SMILES string of the molecule is CCN(CC)CCNC(=O)C(CSc1ccc(C)cc1)NC(C)=O. The first-order valence-corrected chi connectivity index (χ1v) is 9.41. The minimum Gasteiger partial charge on any atom is -0.353 e. The normalized spacial score (nSPS) is 12.0. The highest BCUT2D eigenvalue weighted by Gasteiger charge is 2.19. The topological polar surface area (TPSA) is 61.4 Å². The maximum Gasteiger partial charge on any atom is 0.243 e. The second-order valence-electron chi connectivity index (χ2n) is 5.70. The van der Waals surface area contributed by atoms with Gasteiger partial charge in [-0.05, 0) is 32.1 Å². The first-order valence-electron chi connectivity index (χ1n) is 8.42. The highest BCUT2D eigenvalue weighted by Crippen LogP contribution is 2.19. The molecule has 1 atom stereocenters. The number of nitrogens with one attached hydrogen (secondary N) is 2. The van der Waals surface area contributed by atoms with Crippen molar-refractivity contribution in [1.82, 2.24) is 15.5 Å². The second kappa shape index (κ2) is 11.1. The van der Waals surface area contributed by atoms with Crippen LogP contribution in [0.2, 0.25) is 0 Å². The van der Waals surface area contributed by atoms with E-state index < -0.39 is 6.04 Å². The van der Waals surface area contributed by atoms with Crippen molar-refractivity contribution in [1.29, 1.82) is 0 Å². The summed E-state index contributed by atoms with van der Waals surface area (Å²) >= 11 is 1.57. The molecule has 1 unspecified atom stereocenters. The predicted molar refractivity (Wildman–Crippen MR) is 100 cm³/mol. The van der Waals surface area contributed by atoms with Gasteiger partial charge >= 0.3 is 0 Å². The number of rotatable bonds is 10. The van der Waals surface area contributed by atoms with Gasteiger partial charge in [-0.25, -0.2) is 0 Å². The molecule has 0 aliphatic rings. The van der Waals surface area contributed by atoms with Crippen LogP contribution < -0.4 is 10.6 Å². The van der Waals surface area contributed by atoms with Gasteiger partial charge in [0.15, 0.2) is 0 Å². The fourth-order valence-electron chi connectivity index (χ4n) is 2.24. The lowest BCUT2D eigenvalue weighted by Crippen LogP contribution is -2.49. The van der Waals surface area contributed by atoms with E-state index in [1.807, 2.05) is 31.2 Å². The number of amides is 2. The van der Waals surface area contributed by atoms with Crippen LogP contribution in [0.4, 0.5) is 0 Å². The summed E-state index contributed by atoms with van der Waals surface area (Å²) in [5.41, 5.74) is 1.20. The van der Waals surface area contributed by atoms with Crippen LogP contribution >= 0.6 is 11.8 Å². The number of nitrogens with zero attached hydrogens (tertiary/aromatic N) is 1. The molecular weight excluding hydrogens is 322 g/mol. The van der Waals surface area contributed by atoms with Crippen LogP contribution in [-0.4, -0.2) is 54.7 Å². The number of benzene rings is 1. The Kier molecular flexibility index (Phi) is 9.49. The van der Waals surface area contributed by atoms with Crippen LogP contribution in [0, 0.1) is 6.92 Å². The molecule has 0 aliphatic heterocycles. The molecular formula is C18H29N3O2S. The van der Waals surface area contributed by atoms with E-state index in [4.69, 9.17) is 0 Å². The molecule has 0 spiro atoms. The van der Waals surface area contributed by atoms with Gasteiger partial charge in [0.05, 0.1) is 0 Å². The lowest BCUT2D eigenvalue weighted by molar-refractivity contribution is -0.127. The third-order valence-corrected chi connectivity index (χ3v) is 4.86. The number of hydrogen-bond donors (Lipinski definition) is 2. The number of carbonyl (C=O) groups excluding carboxylic acids is 2. The summed E-state index contributed by atoms with van der Waals surface area (Å²) in [6.07, 6.45) is 0. The molecule has 0 fully saturated rings. The monoisotopic (exact) mass is 351 g/mol. The maximum atomic E-state index is 12.4.